The van der Waals surface area contributed by atoms with E-state index in [1.54, 1.807) is 25.1 Å². The lowest BCUT2D eigenvalue weighted by Gasteiger charge is -2.16. The van der Waals surface area contributed by atoms with Gasteiger partial charge in [-0.15, -0.1) is 0 Å². The average Bonchev–Trinajstić information content (AvgIpc) is 2.82. The minimum atomic E-state index is -1.10. The van der Waals surface area contributed by atoms with E-state index in [4.69, 9.17) is 11.6 Å². The molecule has 1 heterocycles. The molecule has 0 unspecified atom stereocenters. The first-order valence-corrected chi connectivity index (χ1v) is 7.70. The second-order valence-corrected chi connectivity index (χ2v) is 6.26. The summed E-state index contributed by atoms with van der Waals surface area (Å²) >= 11 is 10.1. The Kier molecular flexibility index (Phi) is 4.65. The lowest BCUT2D eigenvalue weighted by Crippen LogP contribution is -2.27. The van der Waals surface area contributed by atoms with Gasteiger partial charge in [0.2, 0.25) is 0 Å². The second-order valence-electron chi connectivity index (χ2n) is 4.25. The molecule has 5 nitrogen and oxygen atoms in total. The molecule has 0 spiro atoms. The van der Waals surface area contributed by atoms with Crippen molar-refractivity contribution in [1.82, 2.24) is 4.37 Å². The smallest absolute Gasteiger partial charge is 0.340 e. The summed E-state index contributed by atoms with van der Waals surface area (Å²) in [7, 11) is 1.52. The predicted molar refractivity (Wildman–Crippen MR) is 85.7 cm³/mol. The Labute approximate surface area is 138 Å². The molecule has 0 bridgehead atoms. The van der Waals surface area contributed by atoms with E-state index in [2.05, 4.69) is 20.3 Å². The molecule has 1 N–H and O–H groups in total. The zero-order valence-electron chi connectivity index (χ0n) is 11.1. The van der Waals surface area contributed by atoms with Crippen LogP contribution >= 0.6 is 39.1 Å². The summed E-state index contributed by atoms with van der Waals surface area (Å²) in [6.07, 6.45) is 0. The van der Waals surface area contributed by atoms with Gasteiger partial charge in [-0.1, -0.05) is 11.6 Å². The molecule has 0 radical (unpaired) electrons. The summed E-state index contributed by atoms with van der Waals surface area (Å²) < 4.78 is 4.60. The van der Waals surface area contributed by atoms with Crippen molar-refractivity contribution in [2.45, 2.75) is 6.92 Å². The van der Waals surface area contributed by atoms with E-state index in [-0.39, 0.29) is 11.5 Å². The number of hydrogen-bond donors (Lipinski definition) is 1. The van der Waals surface area contributed by atoms with Crippen molar-refractivity contribution in [3.8, 4) is 0 Å². The number of anilines is 1. The topological polar surface area (TPSA) is 70.5 Å². The Hall–Kier alpha value is -1.44. The van der Waals surface area contributed by atoms with Crippen molar-refractivity contribution in [3.05, 3.63) is 44.5 Å². The molecule has 8 heteroatoms. The van der Waals surface area contributed by atoms with E-state index in [0.717, 1.165) is 11.5 Å². The van der Waals surface area contributed by atoms with Gasteiger partial charge in [0.1, 0.15) is 10.6 Å². The minimum Gasteiger partial charge on any atom is -0.478 e. The van der Waals surface area contributed by atoms with Crippen LogP contribution in [0.5, 0.6) is 0 Å². The highest BCUT2D eigenvalue weighted by atomic mass is 79.9. The van der Waals surface area contributed by atoms with Gasteiger partial charge in [-0.2, -0.15) is 4.37 Å². The number of aryl methyl sites for hydroxylation is 1. The summed E-state index contributed by atoms with van der Waals surface area (Å²) in [5.74, 6) is -1.44. The third-order valence-electron chi connectivity index (χ3n) is 2.83. The lowest BCUT2D eigenvalue weighted by atomic mass is 10.2. The molecule has 0 aliphatic rings. The molecule has 0 saturated heterocycles. The molecule has 0 fully saturated rings. The SMILES string of the molecule is Cc1nsc(N(C)C(=O)c2ccc(Cl)c(Br)c2)c1C(=O)O. The van der Waals surface area contributed by atoms with Crippen LogP contribution in [-0.2, 0) is 0 Å². The Bertz CT molecular complexity index is 732. The summed E-state index contributed by atoms with van der Waals surface area (Å²) in [5, 5.41) is 10.0. The number of aromatic carboxylic acids is 1. The number of rotatable bonds is 3. The molecule has 2 aromatic rings. The van der Waals surface area contributed by atoms with Gasteiger partial charge in [0.05, 0.1) is 10.7 Å². The maximum Gasteiger partial charge on any atom is 0.340 e. The quantitative estimate of drug-likeness (QED) is 0.866. The van der Waals surface area contributed by atoms with Gasteiger partial charge < -0.3 is 10.0 Å². The van der Waals surface area contributed by atoms with Crippen molar-refractivity contribution in [2.24, 2.45) is 0 Å². The van der Waals surface area contributed by atoms with Gasteiger partial charge in [0, 0.05) is 17.1 Å². The van der Waals surface area contributed by atoms with Gasteiger partial charge in [-0.3, -0.25) is 4.79 Å². The highest BCUT2D eigenvalue weighted by Gasteiger charge is 2.24. The Morgan fingerprint density at radius 3 is 2.67 bits per heavy atom. The molecular weight excluding hydrogens is 380 g/mol. The maximum absolute atomic E-state index is 12.4. The standard InChI is InChI=1S/C13H10BrClN2O3S/c1-6-10(13(19)20)12(21-16-6)17(2)11(18)7-3-4-9(15)8(14)5-7/h3-5H,1-2H3,(H,19,20). The van der Waals surface area contributed by atoms with E-state index in [0.29, 0.717) is 25.8 Å². The molecule has 1 amide bonds. The fourth-order valence-electron chi connectivity index (χ4n) is 1.75. The Balaban J connectivity index is 2.40. The predicted octanol–water partition coefficient (Wildman–Crippen LogP) is 3.84. The van der Waals surface area contributed by atoms with Crippen molar-refractivity contribution < 1.29 is 14.7 Å². The summed E-state index contributed by atoms with van der Waals surface area (Å²) in [6, 6.07) is 4.78. The normalized spacial score (nSPS) is 10.5. The van der Waals surface area contributed by atoms with Crippen molar-refractivity contribution in [3.63, 3.8) is 0 Å². The Morgan fingerprint density at radius 1 is 1.43 bits per heavy atom. The monoisotopic (exact) mass is 388 g/mol. The van der Waals surface area contributed by atoms with Crippen LogP contribution in [0, 0.1) is 6.92 Å². The number of aromatic nitrogens is 1. The van der Waals surface area contributed by atoms with Crippen LogP contribution in [-0.4, -0.2) is 28.4 Å². The number of carbonyl (C=O) groups excluding carboxylic acids is 1. The molecule has 0 atom stereocenters. The molecule has 21 heavy (non-hydrogen) atoms. The van der Waals surface area contributed by atoms with Crippen molar-refractivity contribution in [1.29, 1.82) is 0 Å². The first kappa shape index (κ1) is 15.9. The summed E-state index contributed by atoms with van der Waals surface area (Å²) in [4.78, 5) is 25.0. The number of benzene rings is 1. The van der Waals surface area contributed by atoms with Gasteiger partial charge in [-0.05, 0) is 52.6 Å². The number of amides is 1. The summed E-state index contributed by atoms with van der Waals surface area (Å²) in [5.41, 5.74) is 0.833. The fourth-order valence-corrected chi connectivity index (χ4v) is 3.09. The molecule has 0 saturated carbocycles. The largest absolute Gasteiger partial charge is 0.478 e. The highest BCUT2D eigenvalue weighted by molar-refractivity contribution is 9.10. The van der Waals surface area contributed by atoms with Crippen LogP contribution in [0.25, 0.3) is 0 Å². The van der Waals surface area contributed by atoms with E-state index in [9.17, 15) is 14.7 Å². The van der Waals surface area contributed by atoms with Crippen molar-refractivity contribution >= 4 is 55.9 Å². The average molecular weight is 390 g/mol. The molecule has 1 aromatic carbocycles. The zero-order chi connectivity index (χ0) is 15.7. The second kappa shape index (κ2) is 6.13. The third kappa shape index (κ3) is 3.09. The van der Waals surface area contributed by atoms with Crippen LogP contribution in [0.4, 0.5) is 5.00 Å². The molecular formula is C13H10BrClN2O3S. The zero-order valence-corrected chi connectivity index (χ0v) is 14.2. The van der Waals surface area contributed by atoms with Crippen LogP contribution in [0.1, 0.15) is 26.4 Å². The Morgan fingerprint density at radius 2 is 2.10 bits per heavy atom. The van der Waals surface area contributed by atoms with Crippen LogP contribution in [0.15, 0.2) is 22.7 Å². The first-order chi connectivity index (χ1) is 9.82. The number of nitrogens with zero attached hydrogens (tertiary/aromatic N) is 2. The van der Waals surface area contributed by atoms with Crippen LogP contribution in [0.2, 0.25) is 5.02 Å². The number of halogens is 2. The number of carboxylic acids is 1. The summed E-state index contributed by atoms with van der Waals surface area (Å²) in [6.45, 7) is 1.60. The minimum absolute atomic E-state index is 0.0453. The number of hydrogen-bond acceptors (Lipinski definition) is 4. The van der Waals surface area contributed by atoms with E-state index >= 15 is 0 Å². The van der Waals surface area contributed by atoms with Crippen LogP contribution in [0.3, 0.4) is 0 Å². The first-order valence-electron chi connectivity index (χ1n) is 5.75. The van der Waals surface area contributed by atoms with Gasteiger partial charge in [0.15, 0.2) is 0 Å². The number of carbonyl (C=O) groups is 2. The molecule has 0 aliphatic heterocycles. The van der Waals surface area contributed by atoms with Gasteiger partial charge in [-0.25, -0.2) is 4.79 Å². The lowest BCUT2D eigenvalue weighted by molar-refractivity contribution is 0.0697. The van der Waals surface area contributed by atoms with Crippen LogP contribution < -0.4 is 4.90 Å². The van der Waals surface area contributed by atoms with Gasteiger partial charge >= 0.3 is 5.97 Å². The van der Waals surface area contributed by atoms with Gasteiger partial charge in [0.25, 0.3) is 5.91 Å². The van der Waals surface area contributed by atoms with E-state index in [1.165, 1.54) is 11.9 Å². The molecule has 0 aliphatic carbocycles. The highest BCUT2D eigenvalue weighted by Crippen LogP contribution is 2.30. The number of carboxylic acid groups (broad SMARTS) is 1. The van der Waals surface area contributed by atoms with Crippen molar-refractivity contribution in [2.75, 3.05) is 11.9 Å². The molecule has 2 rings (SSSR count). The maximum atomic E-state index is 12.4. The molecule has 110 valence electrons. The van der Waals surface area contributed by atoms with E-state index in [1.807, 2.05) is 0 Å². The molecule has 1 aromatic heterocycles. The fraction of sp³-hybridized carbons (Fsp3) is 0.154. The van der Waals surface area contributed by atoms with E-state index < -0.39 is 5.97 Å². The third-order valence-corrected chi connectivity index (χ3v) is 5.06.